The number of nitrogens with zero attached hydrogens (tertiary/aromatic N) is 2. The fourth-order valence-electron chi connectivity index (χ4n) is 3.62. The van der Waals surface area contributed by atoms with E-state index in [4.69, 9.17) is 9.40 Å². The van der Waals surface area contributed by atoms with Gasteiger partial charge in [0.05, 0.1) is 0 Å². The van der Waals surface area contributed by atoms with E-state index in [1.807, 2.05) is 6.07 Å². The first-order valence-corrected chi connectivity index (χ1v) is 8.91. The molecule has 0 radical (unpaired) electrons. The van der Waals surface area contributed by atoms with Crippen molar-refractivity contribution in [3.63, 3.8) is 0 Å². The van der Waals surface area contributed by atoms with Gasteiger partial charge in [-0.25, -0.2) is 4.98 Å². The van der Waals surface area contributed by atoms with Gasteiger partial charge in [-0.1, -0.05) is 36.4 Å². The molecule has 3 heteroatoms. The average Bonchev–Trinajstić information content (AvgIpc) is 3.22. The lowest BCUT2D eigenvalue weighted by Gasteiger charge is -2.14. The lowest BCUT2D eigenvalue weighted by molar-refractivity contribution is 0.324. The molecule has 1 fully saturated rings. The Balaban J connectivity index is 1.33. The number of aromatic nitrogens is 1. The summed E-state index contributed by atoms with van der Waals surface area (Å²) in [6.07, 6.45) is 3.52. The van der Waals surface area contributed by atoms with Crippen LogP contribution in [-0.2, 0) is 6.42 Å². The summed E-state index contributed by atoms with van der Waals surface area (Å²) in [5.74, 6) is 1.36. The number of hydrogen-bond acceptors (Lipinski definition) is 3. The number of oxazole rings is 1. The minimum atomic E-state index is 0.439. The summed E-state index contributed by atoms with van der Waals surface area (Å²) < 4.78 is 5.99. The normalized spacial score (nSPS) is 18.5. The molecule has 4 rings (SSSR count). The summed E-state index contributed by atoms with van der Waals surface area (Å²) in [7, 11) is 0. The molecule has 2 aromatic carbocycles. The molecule has 3 nitrogen and oxygen atoms in total. The molecular formula is C21H24N2O. The Labute approximate surface area is 143 Å². The van der Waals surface area contributed by atoms with Crippen molar-refractivity contribution >= 4 is 11.1 Å². The fourth-order valence-corrected chi connectivity index (χ4v) is 3.62. The van der Waals surface area contributed by atoms with E-state index in [1.165, 1.54) is 17.5 Å². The van der Waals surface area contributed by atoms with E-state index in [2.05, 4.69) is 54.3 Å². The number of aryl methyl sites for hydroxylation is 2. The van der Waals surface area contributed by atoms with Crippen LogP contribution in [0.25, 0.3) is 11.1 Å². The lowest BCUT2D eigenvalue weighted by Crippen LogP contribution is -2.22. The van der Waals surface area contributed by atoms with Gasteiger partial charge in [-0.05, 0) is 62.5 Å². The van der Waals surface area contributed by atoms with Crippen LogP contribution in [0.4, 0.5) is 0 Å². The second kappa shape index (κ2) is 6.78. The molecule has 124 valence electrons. The van der Waals surface area contributed by atoms with Crippen molar-refractivity contribution < 1.29 is 4.42 Å². The molecule has 1 aliphatic heterocycles. The van der Waals surface area contributed by atoms with Gasteiger partial charge in [-0.3, -0.25) is 0 Å². The first kappa shape index (κ1) is 15.4. The van der Waals surface area contributed by atoms with Crippen molar-refractivity contribution in [2.75, 3.05) is 19.6 Å². The fraction of sp³-hybridized carbons (Fsp3) is 0.381. The number of fused-ring (bicyclic) bond motifs is 1. The molecule has 1 atom stereocenters. The number of likely N-dealkylation sites (tertiary alicyclic amines) is 1. The molecule has 2 heterocycles. The highest BCUT2D eigenvalue weighted by Gasteiger charge is 2.27. The van der Waals surface area contributed by atoms with E-state index < -0.39 is 0 Å². The Kier molecular flexibility index (Phi) is 4.35. The molecule has 3 aromatic rings. The van der Waals surface area contributed by atoms with Crippen molar-refractivity contribution in [3.8, 4) is 0 Å². The van der Waals surface area contributed by atoms with Crippen LogP contribution in [0.2, 0.25) is 0 Å². The lowest BCUT2D eigenvalue weighted by atomic mass is 10.1. The molecule has 0 N–H and O–H groups in total. The smallest absolute Gasteiger partial charge is 0.199 e. The summed E-state index contributed by atoms with van der Waals surface area (Å²) in [6.45, 7) is 5.47. The maximum absolute atomic E-state index is 5.99. The van der Waals surface area contributed by atoms with Crippen LogP contribution in [-0.4, -0.2) is 29.5 Å². The van der Waals surface area contributed by atoms with Crippen molar-refractivity contribution in [3.05, 3.63) is 65.5 Å². The van der Waals surface area contributed by atoms with E-state index in [9.17, 15) is 0 Å². The highest BCUT2D eigenvalue weighted by Crippen LogP contribution is 2.29. The van der Waals surface area contributed by atoms with Crippen LogP contribution in [0.15, 0.2) is 52.9 Å². The largest absolute Gasteiger partial charge is 0.440 e. The van der Waals surface area contributed by atoms with Crippen LogP contribution in [0.5, 0.6) is 0 Å². The predicted molar refractivity (Wildman–Crippen MR) is 97.3 cm³/mol. The summed E-state index contributed by atoms with van der Waals surface area (Å²) in [6, 6.07) is 17.0. The maximum atomic E-state index is 5.99. The third-order valence-corrected chi connectivity index (χ3v) is 4.96. The van der Waals surface area contributed by atoms with Crippen LogP contribution in [0.1, 0.15) is 35.8 Å². The van der Waals surface area contributed by atoms with Crippen LogP contribution < -0.4 is 0 Å². The summed E-state index contributed by atoms with van der Waals surface area (Å²) in [5.41, 5.74) is 4.57. The Hall–Kier alpha value is -2.13. The van der Waals surface area contributed by atoms with E-state index >= 15 is 0 Å². The second-order valence-corrected chi connectivity index (χ2v) is 6.90. The number of hydrogen-bond donors (Lipinski definition) is 0. The standard InChI is InChI=1S/C21H24N2O/c1-16-9-10-20-19(14-16)22-21(24-20)18-11-13-23(15-18)12-5-8-17-6-3-2-4-7-17/h2-4,6-7,9-10,14,18H,5,8,11-13,15H2,1H3/t18-/m0/s1. The van der Waals surface area contributed by atoms with Gasteiger partial charge in [-0.2, -0.15) is 0 Å². The van der Waals surface area contributed by atoms with Crippen molar-refractivity contribution in [2.24, 2.45) is 0 Å². The molecule has 0 saturated carbocycles. The molecule has 0 unspecified atom stereocenters. The third kappa shape index (κ3) is 3.36. The van der Waals surface area contributed by atoms with Gasteiger partial charge in [-0.15, -0.1) is 0 Å². The topological polar surface area (TPSA) is 29.3 Å². The van der Waals surface area contributed by atoms with E-state index in [1.54, 1.807) is 0 Å². The molecule has 0 amide bonds. The number of rotatable bonds is 5. The van der Waals surface area contributed by atoms with E-state index in [-0.39, 0.29) is 0 Å². The van der Waals surface area contributed by atoms with Crippen LogP contribution in [0, 0.1) is 6.92 Å². The average molecular weight is 320 g/mol. The first-order chi connectivity index (χ1) is 11.8. The summed E-state index contributed by atoms with van der Waals surface area (Å²) in [5, 5.41) is 0. The van der Waals surface area contributed by atoms with Gasteiger partial charge in [0.2, 0.25) is 0 Å². The zero-order valence-corrected chi connectivity index (χ0v) is 14.2. The first-order valence-electron chi connectivity index (χ1n) is 8.91. The van der Waals surface area contributed by atoms with Crippen molar-refractivity contribution in [1.82, 2.24) is 9.88 Å². The predicted octanol–water partition coefficient (Wildman–Crippen LogP) is 4.56. The van der Waals surface area contributed by atoms with Gasteiger partial charge in [0, 0.05) is 12.5 Å². The Morgan fingerprint density at radius 2 is 2.04 bits per heavy atom. The molecule has 0 spiro atoms. The SMILES string of the molecule is Cc1ccc2oc([C@H]3CCN(CCCc4ccccc4)C3)nc2c1. The van der Waals surface area contributed by atoms with Gasteiger partial charge < -0.3 is 9.32 Å². The van der Waals surface area contributed by atoms with E-state index in [0.29, 0.717) is 5.92 Å². The Bertz CT molecular complexity index is 809. The second-order valence-electron chi connectivity index (χ2n) is 6.90. The summed E-state index contributed by atoms with van der Waals surface area (Å²) in [4.78, 5) is 7.27. The molecule has 0 aliphatic carbocycles. The van der Waals surface area contributed by atoms with Gasteiger partial charge in [0.25, 0.3) is 0 Å². The van der Waals surface area contributed by atoms with Crippen LogP contribution >= 0.6 is 0 Å². The maximum Gasteiger partial charge on any atom is 0.199 e. The minimum Gasteiger partial charge on any atom is -0.440 e. The minimum absolute atomic E-state index is 0.439. The highest BCUT2D eigenvalue weighted by molar-refractivity contribution is 5.73. The molecule has 1 saturated heterocycles. The highest BCUT2D eigenvalue weighted by atomic mass is 16.3. The molecule has 0 bridgehead atoms. The Morgan fingerprint density at radius 1 is 1.17 bits per heavy atom. The Morgan fingerprint density at radius 3 is 2.92 bits per heavy atom. The molecule has 1 aliphatic rings. The van der Waals surface area contributed by atoms with Gasteiger partial charge in [0.15, 0.2) is 11.5 Å². The third-order valence-electron chi connectivity index (χ3n) is 4.96. The zero-order valence-electron chi connectivity index (χ0n) is 14.2. The zero-order chi connectivity index (χ0) is 16.4. The van der Waals surface area contributed by atoms with Gasteiger partial charge >= 0.3 is 0 Å². The van der Waals surface area contributed by atoms with Crippen molar-refractivity contribution in [2.45, 2.75) is 32.1 Å². The van der Waals surface area contributed by atoms with Crippen LogP contribution in [0.3, 0.4) is 0 Å². The van der Waals surface area contributed by atoms with Gasteiger partial charge in [0.1, 0.15) is 5.52 Å². The molecule has 24 heavy (non-hydrogen) atoms. The summed E-state index contributed by atoms with van der Waals surface area (Å²) >= 11 is 0. The van der Waals surface area contributed by atoms with E-state index in [0.717, 1.165) is 49.5 Å². The molecular weight excluding hydrogens is 296 g/mol. The molecule has 1 aromatic heterocycles. The quantitative estimate of drug-likeness (QED) is 0.690. The monoisotopic (exact) mass is 320 g/mol. The number of benzene rings is 2. The van der Waals surface area contributed by atoms with Crippen molar-refractivity contribution in [1.29, 1.82) is 0 Å².